The first-order chi connectivity index (χ1) is 13.6. The number of piperidine rings is 1. The minimum atomic E-state index is -0.399. The lowest BCUT2D eigenvalue weighted by Gasteiger charge is -2.42. The predicted molar refractivity (Wildman–Crippen MR) is 108 cm³/mol. The average molecular weight is 384 g/mol. The van der Waals surface area contributed by atoms with E-state index in [0.717, 1.165) is 10.9 Å². The van der Waals surface area contributed by atoms with Gasteiger partial charge in [-0.05, 0) is 38.3 Å². The normalized spacial score (nSPS) is 16.0. The van der Waals surface area contributed by atoms with Crippen LogP contribution in [0.4, 0.5) is 4.79 Å². The van der Waals surface area contributed by atoms with Crippen molar-refractivity contribution in [2.24, 2.45) is 0 Å². The van der Waals surface area contributed by atoms with Gasteiger partial charge in [-0.15, -0.1) is 0 Å². The third-order valence-electron chi connectivity index (χ3n) is 5.33. The van der Waals surface area contributed by atoms with E-state index >= 15 is 0 Å². The fourth-order valence-corrected chi connectivity index (χ4v) is 3.63. The zero-order valence-electron chi connectivity index (χ0n) is 16.5. The largest absolute Gasteiger partial charge is 0.385 e. The van der Waals surface area contributed by atoms with E-state index in [9.17, 15) is 9.59 Å². The Labute approximate surface area is 165 Å². The molecule has 0 unspecified atom stereocenters. The summed E-state index contributed by atoms with van der Waals surface area (Å²) < 4.78 is 5.27. The second kappa shape index (κ2) is 9.01. The SMILES string of the molecule is CCNC(=O)N1CCC(CCOC)(NC(=O)c2ccc3ccccc3n2)CC1. The number of methoxy groups -OCH3 is 1. The molecular formula is C21H28N4O3. The molecule has 1 fully saturated rings. The van der Waals surface area contributed by atoms with Crippen molar-refractivity contribution in [2.45, 2.75) is 31.7 Å². The van der Waals surface area contributed by atoms with Crippen LogP contribution in [-0.4, -0.2) is 60.7 Å². The van der Waals surface area contributed by atoms with Gasteiger partial charge in [0.1, 0.15) is 5.69 Å². The molecule has 0 aliphatic carbocycles. The van der Waals surface area contributed by atoms with Crippen molar-refractivity contribution in [2.75, 3.05) is 33.4 Å². The first-order valence-electron chi connectivity index (χ1n) is 9.77. The van der Waals surface area contributed by atoms with Crippen LogP contribution in [0.25, 0.3) is 10.9 Å². The lowest BCUT2D eigenvalue weighted by Crippen LogP contribution is -2.57. The molecule has 1 aliphatic rings. The summed E-state index contributed by atoms with van der Waals surface area (Å²) in [5.74, 6) is -0.187. The second-order valence-electron chi connectivity index (χ2n) is 7.19. The number of fused-ring (bicyclic) bond motifs is 1. The number of carbonyl (C=O) groups excluding carboxylic acids is 2. The average Bonchev–Trinajstić information content (AvgIpc) is 2.72. The summed E-state index contributed by atoms with van der Waals surface area (Å²) in [6.07, 6.45) is 2.08. The summed E-state index contributed by atoms with van der Waals surface area (Å²) in [6.45, 7) is 4.25. The molecule has 1 saturated heterocycles. The molecule has 2 aromatic rings. The maximum atomic E-state index is 12.9. The lowest BCUT2D eigenvalue weighted by molar-refractivity contribution is 0.0742. The van der Waals surface area contributed by atoms with E-state index in [0.29, 0.717) is 51.2 Å². The zero-order chi connectivity index (χ0) is 20.0. The second-order valence-corrected chi connectivity index (χ2v) is 7.19. The number of likely N-dealkylation sites (tertiary alicyclic amines) is 1. The van der Waals surface area contributed by atoms with Crippen LogP contribution in [-0.2, 0) is 4.74 Å². The molecule has 3 rings (SSSR count). The summed E-state index contributed by atoms with van der Waals surface area (Å²) in [7, 11) is 1.66. The smallest absolute Gasteiger partial charge is 0.317 e. The molecule has 1 aliphatic heterocycles. The van der Waals surface area contributed by atoms with Crippen molar-refractivity contribution in [1.82, 2.24) is 20.5 Å². The van der Waals surface area contributed by atoms with Gasteiger partial charge in [0, 0.05) is 44.3 Å². The Balaban J connectivity index is 1.72. The first-order valence-corrected chi connectivity index (χ1v) is 9.77. The molecule has 28 heavy (non-hydrogen) atoms. The minimum Gasteiger partial charge on any atom is -0.385 e. The van der Waals surface area contributed by atoms with Crippen LogP contribution >= 0.6 is 0 Å². The van der Waals surface area contributed by atoms with Crippen LogP contribution in [0.15, 0.2) is 36.4 Å². The summed E-state index contributed by atoms with van der Waals surface area (Å²) in [4.78, 5) is 31.3. The van der Waals surface area contributed by atoms with Gasteiger partial charge in [-0.3, -0.25) is 4.79 Å². The Hall–Kier alpha value is -2.67. The van der Waals surface area contributed by atoms with Gasteiger partial charge >= 0.3 is 6.03 Å². The highest BCUT2D eigenvalue weighted by Crippen LogP contribution is 2.27. The van der Waals surface area contributed by atoms with E-state index in [1.165, 1.54) is 0 Å². The van der Waals surface area contributed by atoms with Crippen molar-refractivity contribution in [3.63, 3.8) is 0 Å². The first kappa shape index (κ1) is 20.1. The number of hydrogen-bond acceptors (Lipinski definition) is 4. The molecule has 1 aromatic carbocycles. The zero-order valence-corrected chi connectivity index (χ0v) is 16.5. The molecule has 3 amide bonds. The Morgan fingerprint density at radius 3 is 2.64 bits per heavy atom. The van der Waals surface area contributed by atoms with Gasteiger partial charge < -0.3 is 20.3 Å². The fourth-order valence-electron chi connectivity index (χ4n) is 3.63. The number of pyridine rings is 1. The molecular weight excluding hydrogens is 356 g/mol. The molecule has 7 nitrogen and oxygen atoms in total. The molecule has 0 atom stereocenters. The molecule has 0 radical (unpaired) electrons. The molecule has 1 aromatic heterocycles. The third-order valence-corrected chi connectivity index (χ3v) is 5.33. The summed E-state index contributed by atoms with van der Waals surface area (Å²) in [5, 5.41) is 7.04. The van der Waals surface area contributed by atoms with Crippen molar-refractivity contribution in [1.29, 1.82) is 0 Å². The molecule has 7 heteroatoms. The van der Waals surface area contributed by atoms with Crippen LogP contribution in [0, 0.1) is 0 Å². The third kappa shape index (κ3) is 4.59. The standard InChI is InChI=1S/C21H28N4O3/c1-3-22-20(27)25-13-10-21(11-14-25,12-15-28-2)24-19(26)18-9-8-16-6-4-5-7-17(16)23-18/h4-9H,3,10-15H2,1-2H3,(H,22,27)(H,24,26). The highest BCUT2D eigenvalue weighted by molar-refractivity contribution is 5.95. The number of benzene rings is 1. The maximum absolute atomic E-state index is 12.9. The van der Waals surface area contributed by atoms with E-state index < -0.39 is 5.54 Å². The van der Waals surface area contributed by atoms with Gasteiger partial charge in [-0.25, -0.2) is 9.78 Å². The number of amides is 3. The summed E-state index contributed by atoms with van der Waals surface area (Å²) >= 11 is 0. The van der Waals surface area contributed by atoms with Crippen LogP contribution in [0.1, 0.15) is 36.7 Å². The van der Waals surface area contributed by atoms with E-state index in [2.05, 4.69) is 15.6 Å². The van der Waals surface area contributed by atoms with Crippen molar-refractivity contribution in [3.8, 4) is 0 Å². The van der Waals surface area contributed by atoms with E-state index in [1.807, 2.05) is 37.3 Å². The van der Waals surface area contributed by atoms with Crippen molar-refractivity contribution < 1.29 is 14.3 Å². The molecule has 0 bridgehead atoms. The number of ether oxygens (including phenoxy) is 1. The van der Waals surface area contributed by atoms with Gasteiger partial charge in [0.25, 0.3) is 5.91 Å². The van der Waals surface area contributed by atoms with Gasteiger partial charge in [-0.1, -0.05) is 24.3 Å². The number of para-hydroxylation sites is 1. The Morgan fingerprint density at radius 1 is 1.18 bits per heavy atom. The van der Waals surface area contributed by atoms with Gasteiger partial charge in [0.15, 0.2) is 0 Å². The monoisotopic (exact) mass is 384 g/mol. The minimum absolute atomic E-state index is 0.0506. The molecule has 2 N–H and O–H groups in total. The van der Waals surface area contributed by atoms with E-state index in [1.54, 1.807) is 18.1 Å². The number of nitrogens with zero attached hydrogens (tertiary/aromatic N) is 2. The Morgan fingerprint density at radius 2 is 1.93 bits per heavy atom. The highest BCUT2D eigenvalue weighted by Gasteiger charge is 2.37. The van der Waals surface area contributed by atoms with Crippen LogP contribution < -0.4 is 10.6 Å². The van der Waals surface area contributed by atoms with Gasteiger partial charge in [0.2, 0.25) is 0 Å². The number of hydrogen-bond donors (Lipinski definition) is 2. The van der Waals surface area contributed by atoms with Crippen LogP contribution in [0.2, 0.25) is 0 Å². The van der Waals surface area contributed by atoms with Crippen LogP contribution in [0.3, 0.4) is 0 Å². The molecule has 150 valence electrons. The topological polar surface area (TPSA) is 83.6 Å². The number of nitrogens with one attached hydrogen (secondary N) is 2. The van der Waals surface area contributed by atoms with Gasteiger partial charge in [-0.2, -0.15) is 0 Å². The quantitative estimate of drug-likeness (QED) is 0.802. The molecule has 2 heterocycles. The summed E-state index contributed by atoms with van der Waals surface area (Å²) in [6, 6.07) is 11.4. The molecule has 0 saturated carbocycles. The number of urea groups is 1. The fraction of sp³-hybridized carbons (Fsp3) is 0.476. The van der Waals surface area contributed by atoms with E-state index in [-0.39, 0.29) is 11.9 Å². The van der Waals surface area contributed by atoms with Crippen molar-refractivity contribution in [3.05, 3.63) is 42.1 Å². The number of aromatic nitrogens is 1. The maximum Gasteiger partial charge on any atom is 0.317 e. The predicted octanol–water partition coefficient (Wildman–Crippen LogP) is 2.57. The Bertz CT molecular complexity index is 831. The number of rotatable bonds is 6. The van der Waals surface area contributed by atoms with Crippen molar-refractivity contribution >= 4 is 22.8 Å². The Kier molecular flexibility index (Phi) is 6.46. The highest BCUT2D eigenvalue weighted by atomic mass is 16.5. The molecule has 0 spiro atoms. The van der Waals surface area contributed by atoms with Gasteiger partial charge in [0.05, 0.1) is 5.52 Å². The van der Waals surface area contributed by atoms with E-state index in [4.69, 9.17) is 4.74 Å². The summed E-state index contributed by atoms with van der Waals surface area (Å²) in [5.41, 5.74) is 0.803. The van der Waals surface area contributed by atoms with Crippen LogP contribution in [0.5, 0.6) is 0 Å². The lowest BCUT2D eigenvalue weighted by atomic mass is 9.84. The number of carbonyl (C=O) groups is 2.